The van der Waals surface area contributed by atoms with Gasteiger partial charge in [-0.3, -0.25) is 4.79 Å². The number of nitrogens with zero attached hydrogens (tertiary/aromatic N) is 1. The molecule has 0 bridgehead atoms. The maximum Gasteiger partial charge on any atom is 0.260 e. The van der Waals surface area contributed by atoms with Crippen LogP contribution >= 0.6 is 0 Å². The normalized spacial score (nSPS) is 16.7. The van der Waals surface area contributed by atoms with Gasteiger partial charge in [-0.2, -0.15) is 0 Å². The summed E-state index contributed by atoms with van der Waals surface area (Å²) in [4.78, 5) is 14.6. The van der Waals surface area contributed by atoms with E-state index in [1.165, 1.54) is 24.6 Å². The molecule has 1 N–H and O–H groups in total. The topological polar surface area (TPSA) is 41.6 Å². The lowest BCUT2D eigenvalue weighted by molar-refractivity contribution is -0.127. The van der Waals surface area contributed by atoms with E-state index in [2.05, 4.69) is 16.3 Å². The Morgan fingerprint density at radius 3 is 2.67 bits per heavy atom. The summed E-state index contributed by atoms with van der Waals surface area (Å²) in [6.07, 6.45) is 3.39. The van der Waals surface area contributed by atoms with Gasteiger partial charge >= 0.3 is 0 Å². The van der Waals surface area contributed by atoms with Crippen LogP contribution in [0.1, 0.15) is 26.2 Å². The van der Waals surface area contributed by atoms with Crippen molar-refractivity contribution in [1.82, 2.24) is 10.2 Å². The maximum atomic E-state index is 12.2. The van der Waals surface area contributed by atoms with Crippen molar-refractivity contribution in [2.75, 3.05) is 26.2 Å². The highest BCUT2D eigenvalue weighted by molar-refractivity contribution is 5.84. The molecule has 1 amide bonds. The van der Waals surface area contributed by atoms with Crippen LogP contribution in [0.2, 0.25) is 0 Å². The quantitative estimate of drug-likeness (QED) is 0.886. The van der Waals surface area contributed by atoms with Crippen molar-refractivity contribution in [1.29, 1.82) is 0 Å². The molecule has 3 rings (SSSR count). The monoisotopic (exact) mass is 326 g/mol. The molecule has 2 aromatic carbocycles. The predicted molar refractivity (Wildman–Crippen MR) is 97.3 cm³/mol. The molecule has 4 nitrogen and oxygen atoms in total. The Balaban J connectivity index is 1.47. The fraction of sp³-hybridized carbons (Fsp3) is 0.450. The van der Waals surface area contributed by atoms with Gasteiger partial charge in [0.25, 0.3) is 5.91 Å². The molecule has 1 fully saturated rings. The number of benzene rings is 2. The smallest absolute Gasteiger partial charge is 0.260 e. The number of nitrogens with one attached hydrogen (secondary N) is 1. The van der Waals surface area contributed by atoms with Crippen LogP contribution in [-0.2, 0) is 4.79 Å². The molecule has 0 saturated carbocycles. The molecule has 1 atom stereocenters. The van der Waals surface area contributed by atoms with Gasteiger partial charge in [-0.1, -0.05) is 36.8 Å². The highest BCUT2D eigenvalue weighted by Crippen LogP contribution is 2.21. The second-order valence-corrected chi connectivity index (χ2v) is 6.46. The molecular weight excluding hydrogens is 300 g/mol. The van der Waals surface area contributed by atoms with E-state index in [9.17, 15) is 4.79 Å². The third kappa shape index (κ3) is 4.48. The third-order valence-corrected chi connectivity index (χ3v) is 4.58. The Bertz CT molecular complexity index is 680. The first-order valence-corrected chi connectivity index (χ1v) is 8.88. The van der Waals surface area contributed by atoms with Gasteiger partial charge < -0.3 is 15.0 Å². The number of hydrogen-bond acceptors (Lipinski definition) is 3. The molecule has 128 valence electrons. The van der Waals surface area contributed by atoms with E-state index in [-0.39, 0.29) is 5.91 Å². The second-order valence-electron chi connectivity index (χ2n) is 6.46. The molecule has 0 spiro atoms. The summed E-state index contributed by atoms with van der Waals surface area (Å²) in [6.45, 7) is 5.71. The summed E-state index contributed by atoms with van der Waals surface area (Å²) in [5.74, 6) is 0.674. The number of hydrogen-bond donors (Lipinski definition) is 1. The van der Waals surface area contributed by atoms with Gasteiger partial charge in [-0.25, -0.2) is 0 Å². The Labute approximate surface area is 143 Å². The van der Waals surface area contributed by atoms with E-state index in [0.717, 1.165) is 30.8 Å². The Morgan fingerprint density at radius 1 is 1.12 bits per heavy atom. The molecular formula is C20H26N2O2. The lowest BCUT2D eigenvalue weighted by atomic mass is 10.1. The number of amides is 1. The summed E-state index contributed by atoms with van der Waals surface area (Å²) < 4.78 is 5.80. The molecule has 1 saturated heterocycles. The minimum absolute atomic E-state index is 0.0554. The zero-order valence-electron chi connectivity index (χ0n) is 14.3. The zero-order chi connectivity index (χ0) is 16.8. The van der Waals surface area contributed by atoms with Gasteiger partial charge in [0.2, 0.25) is 0 Å². The number of piperidine rings is 1. The molecule has 24 heavy (non-hydrogen) atoms. The summed E-state index contributed by atoms with van der Waals surface area (Å²) in [6, 6.07) is 14.0. The summed E-state index contributed by atoms with van der Waals surface area (Å²) in [7, 11) is 0. The van der Waals surface area contributed by atoms with Crippen molar-refractivity contribution in [3.8, 4) is 5.75 Å². The lowest BCUT2D eigenvalue weighted by Crippen LogP contribution is -2.42. The van der Waals surface area contributed by atoms with Crippen molar-refractivity contribution in [2.45, 2.75) is 32.3 Å². The fourth-order valence-electron chi connectivity index (χ4n) is 3.16. The Kier molecular flexibility index (Phi) is 5.70. The van der Waals surface area contributed by atoms with Gasteiger partial charge in [0.15, 0.2) is 6.10 Å². The first-order valence-electron chi connectivity index (χ1n) is 8.88. The van der Waals surface area contributed by atoms with E-state index in [1.807, 2.05) is 36.4 Å². The number of carbonyl (C=O) groups is 1. The number of carbonyl (C=O) groups excluding carboxylic acids is 1. The van der Waals surface area contributed by atoms with Crippen LogP contribution in [0.3, 0.4) is 0 Å². The van der Waals surface area contributed by atoms with E-state index < -0.39 is 6.10 Å². The molecule has 4 heteroatoms. The number of ether oxygens (including phenoxy) is 1. The maximum absolute atomic E-state index is 12.2. The highest BCUT2D eigenvalue weighted by Gasteiger charge is 2.15. The third-order valence-electron chi connectivity index (χ3n) is 4.58. The van der Waals surface area contributed by atoms with Gasteiger partial charge in [-0.05, 0) is 55.8 Å². The van der Waals surface area contributed by atoms with E-state index >= 15 is 0 Å². The van der Waals surface area contributed by atoms with Crippen molar-refractivity contribution >= 4 is 16.7 Å². The molecule has 1 aliphatic heterocycles. The summed E-state index contributed by atoms with van der Waals surface area (Å²) in [5.41, 5.74) is 0. The van der Waals surface area contributed by atoms with Crippen molar-refractivity contribution in [3.63, 3.8) is 0 Å². The van der Waals surface area contributed by atoms with Crippen LogP contribution in [0.25, 0.3) is 10.8 Å². The highest BCUT2D eigenvalue weighted by atomic mass is 16.5. The Morgan fingerprint density at radius 2 is 1.88 bits per heavy atom. The number of likely N-dealkylation sites (tertiary alicyclic amines) is 1. The molecule has 0 aliphatic carbocycles. The number of fused-ring (bicyclic) bond motifs is 1. The molecule has 0 aromatic heterocycles. The molecule has 1 unspecified atom stereocenters. The van der Waals surface area contributed by atoms with Crippen LogP contribution in [0.4, 0.5) is 0 Å². The minimum Gasteiger partial charge on any atom is -0.481 e. The first-order chi connectivity index (χ1) is 11.7. The van der Waals surface area contributed by atoms with Gasteiger partial charge in [0, 0.05) is 13.1 Å². The van der Waals surface area contributed by atoms with Gasteiger partial charge in [-0.15, -0.1) is 0 Å². The van der Waals surface area contributed by atoms with Gasteiger partial charge in [0.05, 0.1) is 0 Å². The average molecular weight is 326 g/mol. The van der Waals surface area contributed by atoms with Crippen molar-refractivity contribution in [2.24, 2.45) is 0 Å². The largest absolute Gasteiger partial charge is 0.481 e. The zero-order valence-corrected chi connectivity index (χ0v) is 14.3. The Hall–Kier alpha value is -2.07. The van der Waals surface area contributed by atoms with Crippen LogP contribution < -0.4 is 10.1 Å². The number of rotatable bonds is 6. The van der Waals surface area contributed by atoms with Gasteiger partial charge in [0.1, 0.15) is 5.75 Å². The summed E-state index contributed by atoms with van der Waals surface area (Å²) in [5, 5.41) is 5.27. The minimum atomic E-state index is -0.493. The van der Waals surface area contributed by atoms with Crippen LogP contribution in [0, 0.1) is 0 Å². The van der Waals surface area contributed by atoms with Crippen molar-refractivity contribution < 1.29 is 9.53 Å². The predicted octanol–water partition coefficient (Wildman–Crippen LogP) is 3.21. The van der Waals surface area contributed by atoms with Crippen LogP contribution in [0.5, 0.6) is 5.75 Å². The lowest BCUT2D eigenvalue weighted by Gasteiger charge is -2.26. The molecule has 1 heterocycles. The fourth-order valence-corrected chi connectivity index (χ4v) is 3.16. The molecule has 0 radical (unpaired) electrons. The van der Waals surface area contributed by atoms with E-state index in [0.29, 0.717) is 6.54 Å². The van der Waals surface area contributed by atoms with Crippen LogP contribution in [-0.4, -0.2) is 43.1 Å². The SMILES string of the molecule is CC(Oc1ccc2ccccc2c1)C(=O)NCCN1CCCCC1. The first kappa shape index (κ1) is 16.8. The van der Waals surface area contributed by atoms with Crippen molar-refractivity contribution in [3.05, 3.63) is 42.5 Å². The summed E-state index contributed by atoms with van der Waals surface area (Å²) >= 11 is 0. The standard InChI is InChI=1S/C20H26N2O2/c1-16(20(23)21-11-14-22-12-5-2-6-13-22)24-19-10-9-17-7-3-4-8-18(17)15-19/h3-4,7-10,15-16H,2,5-6,11-14H2,1H3,(H,21,23). The van der Waals surface area contributed by atoms with E-state index in [4.69, 9.17) is 4.74 Å². The van der Waals surface area contributed by atoms with E-state index in [1.54, 1.807) is 6.92 Å². The molecule has 1 aliphatic rings. The van der Waals surface area contributed by atoms with Crippen LogP contribution in [0.15, 0.2) is 42.5 Å². The average Bonchev–Trinajstić information content (AvgIpc) is 2.62. The molecule has 2 aromatic rings. The second kappa shape index (κ2) is 8.15.